The molecule has 0 spiro atoms. The van der Waals surface area contributed by atoms with Crippen LogP contribution in [0.25, 0.3) is 5.57 Å². The molecule has 2 rings (SSSR count). The Morgan fingerprint density at radius 2 is 1.39 bits per heavy atom. The molecule has 0 N–H and O–H groups in total. The van der Waals surface area contributed by atoms with Gasteiger partial charge in [0.25, 0.3) is 9.84 Å². The maximum atomic E-state index is 13.7. The lowest BCUT2D eigenvalue weighted by Crippen LogP contribution is -2.31. The maximum Gasteiger partial charge on any atom is 0.340 e. The number of benzene rings is 1. The lowest BCUT2D eigenvalue weighted by atomic mass is 10.0. The standard InChI is InChI=1S/C12H5F7O3S/c13-6-5(7(14)9(16)10(17)8(6)15)4-2-1-3-22-11(4)23(20,21)12(18)19/h1-3,11-12H. The Bertz CT molecular complexity index is 785. The van der Waals surface area contributed by atoms with E-state index in [1.165, 1.54) is 0 Å². The molecule has 0 aliphatic carbocycles. The molecule has 0 saturated heterocycles. The summed E-state index contributed by atoms with van der Waals surface area (Å²) in [6.07, 6.45) is 2.08. The minimum atomic E-state index is -5.41. The Morgan fingerprint density at radius 3 is 1.87 bits per heavy atom. The van der Waals surface area contributed by atoms with E-state index in [1.807, 2.05) is 0 Å². The van der Waals surface area contributed by atoms with E-state index in [1.54, 1.807) is 0 Å². The van der Waals surface area contributed by atoms with Crippen molar-refractivity contribution in [3.63, 3.8) is 0 Å². The van der Waals surface area contributed by atoms with Crippen molar-refractivity contribution in [2.24, 2.45) is 0 Å². The number of halogens is 7. The molecule has 1 atom stereocenters. The van der Waals surface area contributed by atoms with Crippen LogP contribution in [0.1, 0.15) is 5.56 Å². The summed E-state index contributed by atoms with van der Waals surface area (Å²) >= 11 is 0. The Hall–Kier alpha value is -2.04. The van der Waals surface area contributed by atoms with Crippen molar-refractivity contribution in [2.75, 3.05) is 0 Å². The predicted molar refractivity (Wildman–Crippen MR) is 63.1 cm³/mol. The predicted octanol–water partition coefficient (Wildman–Crippen LogP) is 3.27. The lowest BCUT2D eigenvalue weighted by molar-refractivity contribution is 0.205. The van der Waals surface area contributed by atoms with E-state index in [0.29, 0.717) is 12.3 Å². The molecule has 0 bridgehead atoms. The summed E-state index contributed by atoms with van der Waals surface area (Å²) in [5.41, 5.74) is -5.42. The van der Waals surface area contributed by atoms with E-state index in [2.05, 4.69) is 4.74 Å². The summed E-state index contributed by atoms with van der Waals surface area (Å²) in [5, 5.41) is 0. The largest absolute Gasteiger partial charge is 0.477 e. The quantitative estimate of drug-likeness (QED) is 0.471. The van der Waals surface area contributed by atoms with E-state index < -0.39 is 61.3 Å². The molecule has 23 heavy (non-hydrogen) atoms. The van der Waals surface area contributed by atoms with Crippen molar-refractivity contribution in [1.82, 2.24) is 0 Å². The van der Waals surface area contributed by atoms with Crippen LogP contribution >= 0.6 is 0 Å². The summed E-state index contributed by atoms with van der Waals surface area (Å²) in [6.45, 7) is 0. The summed E-state index contributed by atoms with van der Waals surface area (Å²) in [7, 11) is -5.41. The highest BCUT2D eigenvalue weighted by molar-refractivity contribution is 7.92. The topological polar surface area (TPSA) is 43.4 Å². The van der Waals surface area contributed by atoms with Gasteiger partial charge in [-0.25, -0.2) is 30.4 Å². The Kier molecular flexibility index (Phi) is 4.42. The van der Waals surface area contributed by atoms with Crippen LogP contribution in [0.15, 0.2) is 18.4 Å². The molecule has 11 heteroatoms. The summed E-state index contributed by atoms with van der Waals surface area (Å²) in [4.78, 5) is 0. The number of hydrogen-bond donors (Lipinski definition) is 0. The number of alkyl halides is 2. The molecule has 1 aliphatic rings. The fourth-order valence-corrected chi connectivity index (χ4v) is 2.78. The molecule has 0 aromatic heterocycles. The van der Waals surface area contributed by atoms with E-state index in [0.717, 1.165) is 6.08 Å². The van der Waals surface area contributed by atoms with Gasteiger partial charge < -0.3 is 4.74 Å². The molecular formula is C12H5F7O3S. The van der Waals surface area contributed by atoms with Gasteiger partial charge in [-0.1, -0.05) is 6.08 Å². The fourth-order valence-electron chi connectivity index (χ4n) is 1.82. The van der Waals surface area contributed by atoms with Crippen LogP contribution in [-0.4, -0.2) is 19.6 Å². The van der Waals surface area contributed by atoms with Crippen molar-refractivity contribution in [1.29, 1.82) is 0 Å². The molecule has 1 heterocycles. The van der Waals surface area contributed by atoms with Gasteiger partial charge in [-0.15, -0.1) is 0 Å². The third kappa shape index (κ3) is 2.69. The maximum absolute atomic E-state index is 13.7. The van der Waals surface area contributed by atoms with Crippen molar-refractivity contribution in [3.05, 3.63) is 53.1 Å². The monoisotopic (exact) mass is 362 g/mol. The highest BCUT2D eigenvalue weighted by Gasteiger charge is 2.42. The zero-order valence-electron chi connectivity index (χ0n) is 10.7. The number of sulfone groups is 1. The van der Waals surface area contributed by atoms with E-state index in [9.17, 15) is 39.2 Å². The fraction of sp³-hybridized carbons (Fsp3) is 0.167. The number of hydrogen-bond acceptors (Lipinski definition) is 3. The molecule has 1 unspecified atom stereocenters. The van der Waals surface area contributed by atoms with Crippen molar-refractivity contribution in [3.8, 4) is 0 Å². The number of rotatable bonds is 3. The van der Waals surface area contributed by atoms with Crippen LogP contribution < -0.4 is 0 Å². The van der Waals surface area contributed by atoms with Gasteiger partial charge >= 0.3 is 5.76 Å². The molecule has 0 radical (unpaired) electrons. The molecule has 3 nitrogen and oxygen atoms in total. The van der Waals surface area contributed by atoms with E-state index in [4.69, 9.17) is 0 Å². The van der Waals surface area contributed by atoms with Crippen LogP contribution in [0.5, 0.6) is 0 Å². The van der Waals surface area contributed by atoms with Crippen molar-refractivity contribution in [2.45, 2.75) is 11.2 Å². The van der Waals surface area contributed by atoms with Crippen LogP contribution in [0.2, 0.25) is 0 Å². The van der Waals surface area contributed by atoms with Crippen molar-refractivity contribution < 1.29 is 43.9 Å². The first-order valence-corrected chi connectivity index (χ1v) is 7.26. The SMILES string of the molecule is O=S(=O)(C(F)F)C1OC=CC=C1c1c(F)c(F)c(F)c(F)c1F. The van der Waals surface area contributed by atoms with Gasteiger partial charge in [-0.3, -0.25) is 0 Å². The van der Waals surface area contributed by atoms with Crippen molar-refractivity contribution >= 4 is 15.4 Å². The zero-order chi connectivity index (χ0) is 17.5. The van der Waals surface area contributed by atoms with Crippen LogP contribution in [0.4, 0.5) is 30.7 Å². The smallest absolute Gasteiger partial charge is 0.340 e. The van der Waals surface area contributed by atoms with Gasteiger partial charge in [0.15, 0.2) is 23.3 Å². The van der Waals surface area contributed by atoms with E-state index >= 15 is 0 Å². The third-order valence-electron chi connectivity index (χ3n) is 2.86. The average molecular weight is 362 g/mol. The van der Waals surface area contributed by atoms with Crippen LogP contribution in [0, 0.1) is 29.1 Å². The average Bonchev–Trinajstić information content (AvgIpc) is 2.51. The first kappa shape index (κ1) is 17.3. The summed E-state index contributed by atoms with van der Waals surface area (Å²) < 4.78 is 119. The molecule has 1 aliphatic heterocycles. The van der Waals surface area contributed by atoms with Gasteiger partial charge in [-0.05, 0) is 6.08 Å². The van der Waals surface area contributed by atoms with Crippen LogP contribution in [0.3, 0.4) is 0 Å². The van der Waals surface area contributed by atoms with Gasteiger partial charge in [0, 0.05) is 5.57 Å². The second kappa shape index (κ2) is 5.87. The molecule has 0 fully saturated rings. The van der Waals surface area contributed by atoms with Gasteiger partial charge in [0.05, 0.1) is 11.8 Å². The summed E-state index contributed by atoms with van der Waals surface area (Å²) in [5.74, 6) is -15.9. The third-order valence-corrected chi connectivity index (χ3v) is 4.31. The molecule has 0 amide bonds. The first-order valence-electron chi connectivity index (χ1n) is 5.65. The Labute approximate surface area is 124 Å². The minimum Gasteiger partial charge on any atom is -0.477 e. The second-order valence-electron chi connectivity index (χ2n) is 4.21. The van der Waals surface area contributed by atoms with Gasteiger partial charge in [-0.2, -0.15) is 8.78 Å². The number of allylic oxidation sites excluding steroid dienone is 2. The highest BCUT2D eigenvalue weighted by atomic mass is 32.2. The normalized spacial score (nSPS) is 18.1. The van der Waals surface area contributed by atoms with Crippen LogP contribution in [-0.2, 0) is 14.6 Å². The second-order valence-corrected chi connectivity index (χ2v) is 6.18. The molecular weight excluding hydrogens is 357 g/mol. The van der Waals surface area contributed by atoms with Gasteiger partial charge in [0.1, 0.15) is 0 Å². The summed E-state index contributed by atoms with van der Waals surface area (Å²) in [6, 6.07) is 0. The molecule has 1 aromatic rings. The Balaban J connectivity index is 2.74. The molecule has 126 valence electrons. The van der Waals surface area contributed by atoms with Gasteiger partial charge in [0.2, 0.25) is 11.3 Å². The highest BCUT2D eigenvalue weighted by Crippen LogP contribution is 2.35. The number of ether oxygens (including phenoxy) is 1. The Morgan fingerprint density at radius 1 is 0.913 bits per heavy atom. The minimum absolute atomic E-state index is 0.604. The molecule has 0 saturated carbocycles. The van der Waals surface area contributed by atoms with E-state index in [-0.39, 0.29) is 0 Å². The molecule has 1 aromatic carbocycles. The lowest BCUT2D eigenvalue weighted by Gasteiger charge is -2.23. The first-order chi connectivity index (χ1) is 10.6. The zero-order valence-corrected chi connectivity index (χ0v) is 11.5.